The maximum atomic E-state index is 12.4. The summed E-state index contributed by atoms with van der Waals surface area (Å²) in [7, 11) is 0. The van der Waals surface area contributed by atoms with Crippen molar-refractivity contribution >= 4 is 11.9 Å². The first-order valence-corrected chi connectivity index (χ1v) is 10.9. The summed E-state index contributed by atoms with van der Waals surface area (Å²) in [5, 5.41) is 20.4. The van der Waals surface area contributed by atoms with Gasteiger partial charge in [0.05, 0.1) is 24.5 Å². The van der Waals surface area contributed by atoms with Crippen LogP contribution in [0.5, 0.6) is 0 Å². The molecule has 6 heteroatoms. The van der Waals surface area contributed by atoms with Crippen LogP contribution in [-0.4, -0.2) is 46.6 Å². The lowest BCUT2D eigenvalue weighted by atomic mass is 9.65. The average molecular weight is 407 g/mol. The number of hydrogen-bond donors (Lipinski definition) is 2. The first kappa shape index (κ1) is 22.0. The Hall–Kier alpha value is -1.66. The van der Waals surface area contributed by atoms with Crippen molar-refractivity contribution in [2.45, 2.75) is 83.7 Å². The Balaban J connectivity index is 1.74. The third-order valence-electron chi connectivity index (χ3n) is 6.84. The van der Waals surface area contributed by atoms with E-state index in [1.54, 1.807) is 0 Å². The molecule has 6 nitrogen and oxygen atoms in total. The first-order chi connectivity index (χ1) is 13.8. The second-order valence-electron chi connectivity index (χ2n) is 8.91. The molecule has 0 aromatic carbocycles. The number of carbonyl (C=O) groups excluding carboxylic acids is 2. The molecule has 0 aromatic heterocycles. The van der Waals surface area contributed by atoms with Crippen LogP contribution in [0, 0.1) is 23.7 Å². The topological polar surface area (TPSA) is 93.1 Å². The number of esters is 2. The van der Waals surface area contributed by atoms with Crippen molar-refractivity contribution in [1.29, 1.82) is 0 Å². The number of rotatable bonds is 6. The predicted octanol–water partition coefficient (Wildman–Crippen LogP) is 2.92. The van der Waals surface area contributed by atoms with Crippen LogP contribution in [0.15, 0.2) is 23.8 Å². The highest BCUT2D eigenvalue weighted by Crippen LogP contribution is 2.44. The lowest BCUT2D eigenvalue weighted by Crippen LogP contribution is -2.44. The highest BCUT2D eigenvalue weighted by molar-refractivity contribution is 5.72. The summed E-state index contributed by atoms with van der Waals surface area (Å²) in [4.78, 5) is 24.1. The van der Waals surface area contributed by atoms with Gasteiger partial charge in [-0.25, -0.2) is 0 Å². The number of cyclic esters (lactones) is 1. The van der Waals surface area contributed by atoms with Crippen molar-refractivity contribution in [2.75, 3.05) is 0 Å². The molecule has 0 bridgehead atoms. The molecule has 3 aliphatic rings. The van der Waals surface area contributed by atoms with Gasteiger partial charge in [-0.3, -0.25) is 9.59 Å². The number of allylic oxidation sites excluding steroid dienone is 1. The van der Waals surface area contributed by atoms with E-state index in [0.717, 1.165) is 18.4 Å². The van der Waals surface area contributed by atoms with Gasteiger partial charge in [-0.1, -0.05) is 39.0 Å². The van der Waals surface area contributed by atoms with Gasteiger partial charge in [-0.15, -0.1) is 0 Å². The Morgan fingerprint density at radius 2 is 2.10 bits per heavy atom. The van der Waals surface area contributed by atoms with E-state index in [1.165, 1.54) is 0 Å². The second kappa shape index (κ2) is 9.43. The third-order valence-corrected chi connectivity index (χ3v) is 6.84. The number of aliphatic hydroxyl groups excluding tert-OH is 2. The highest BCUT2D eigenvalue weighted by atomic mass is 16.5. The van der Waals surface area contributed by atoms with E-state index in [9.17, 15) is 19.8 Å². The first-order valence-electron chi connectivity index (χ1n) is 10.9. The van der Waals surface area contributed by atoms with E-state index in [0.29, 0.717) is 19.3 Å². The van der Waals surface area contributed by atoms with Crippen molar-refractivity contribution in [3.63, 3.8) is 0 Å². The zero-order valence-electron chi connectivity index (χ0n) is 17.6. The van der Waals surface area contributed by atoms with Crippen LogP contribution in [0.4, 0.5) is 0 Å². The molecule has 1 heterocycles. The van der Waals surface area contributed by atoms with Gasteiger partial charge >= 0.3 is 11.9 Å². The van der Waals surface area contributed by atoms with Gasteiger partial charge in [-0.05, 0) is 36.7 Å². The van der Waals surface area contributed by atoms with Crippen LogP contribution in [0.2, 0.25) is 0 Å². The van der Waals surface area contributed by atoms with Gasteiger partial charge in [0.2, 0.25) is 0 Å². The fourth-order valence-electron chi connectivity index (χ4n) is 4.84. The molecule has 8 atom stereocenters. The lowest BCUT2D eigenvalue weighted by Gasteiger charge is -2.44. The number of ether oxygens (including phenoxy) is 2. The fraction of sp³-hybridized carbons (Fsp3) is 0.739. The molecular weight excluding hydrogens is 372 g/mol. The average Bonchev–Trinajstić information content (AvgIpc) is 2.67. The van der Waals surface area contributed by atoms with E-state index in [4.69, 9.17) is 9.47 Å². The SMILES string of the molecule is CC[C@H](C)C(=O)O[C@@H]1CC=CC2=C[C@H](O)[C@H](C)[C@H](CC[C@@H]3C[C@H](O)CC(=O)O3)[C@H]21. The van der Waals surface area contributed by atoms with Crippen LogP contribution >= 0.6 is 0 Å². The fourth-order valence-corrected chi connectivity index (χ4v) is 4.84. The molecule has 0 radical (unpaired) electrons. The van der Waals surface area contributed by atoms with Crippen LogP contribution in [0.25, 0.3) is 0 Å². The Morgan fingerprint density at radius 3 is 2.79 bits per heavy atom. The smallest absolute Gasteiger partial charge is 0.308 e. The minimum atomic E-state index is -0.645. The van der Waals surface area contributed by atoms with Crippen LogP contribution < -0.4 is 0 Å². The Kier molecular flexibility index (Phi) is 7.17. The highest BCUT2D eigenvalue weighted by Gasteiger charge is 2.43. The Bertz CT molecular complexity index is 668. The zero-order valence-corrected chi connectivity index (χ0v) is 17.6. The Morgan fingerprint density at radius 1 is 1.34 bits per heavy atom. The number of aliphatic hydroxyl groups is 2. The summed E-state index contributed by atoms with van der Waals surface area (Å²) in [5.41, 5.74) is 1.02. The molecule has 0 saturated carbocycles. The maximum Gasteiger partial charge on any atom is 0.308 e. The van der Waals surface area contributed by atoms with Gasteiger partial charge < -0.3 is 19.7 Å². The van der Waals surface area contributed by atoms with E-state index < -0.39 is 12.2 Å². The summed E-state index contributed by atoms with van der Waals surface area (Å²) in [6, 6.07) is 0. The van der Waals surface area contributed by atoms with Crippen molar-refractivity contribution in [2.24, 2.45) is 23.7 Å². The van der Waals surface area contributed by atoms with E-state index >= 15 is 0 Å². The lowest BCUT2D eigenvalue weighted by molar-refractivity contribution is -0.162. The molecule has 162 valence electrons. The molecular formula is C23H34O6. The van der Waals surface area contributed by atoms with Gasteiger partial charge in [0.15, 0.2) is 0 Å². The van der Waals surface area contributed by atoms with Crippen LogP contribution in [0.1, 0.15) is 59.3 Å². The van der Waals surface area contributed by atoms with Crippen molar-refractivity contribution in [3.05, 3.63) is 23.8 Å². The summed E-state index contributed by atoms with van der Waals surface area (Å²) in [6.07, 6.45) is 7.46. The quantitative estimate of drug-likeness (QED) is 0.659. The normalized spacial score (nSPS) is 37.9. The Labute approximate surface area is 173 Å². The number of fused-ring (bicyclic) bond motifs is 1. The number of carbonyl (C=O) groups is 2. The zero-order chi connectivity index (χ0) is 21.1. The molecule has 1 fully saturated rings. The van der Waals surface area contributed by atoms with Crippen molar-refractivity contribution in [1.82, 2.24) is 0 Å². The van der Waals surface area contributed by atoms with Gasteiger partial charge in [0.1, 0.15) is 12.2 Å². The van der Waals surface area contributed by atoms with Gasteiger partial charge in [-0.2, -0.15) is 0 Å². The molecule has 0 aromatic rings. The van der Waals surface area contributed by atoms with Crippen LogP contribution in [0.3, 0.4) is 0 Å². The van der Waals surface area contributed by atoms with Crippen molar-refractivity contribution in [3.8, 4) is 0 Å². The summed E-state index contributed by atoms with van der Waals surface area (Å²) in [5.74, 6) is -0.537. The molecule has 1 aliphatic heterocycles. The molecule has 1 saturated heterocycles. The largest absolute Gasteiger partial charge is 0.462 e. The monoisotopic (exact) mass is 406 g/mol. The van der Waals surface area contributed by atoms with Gasteiger partial charge in [0, 0.05) is 18.8 Å². The summed E-state index contributed by atoms with van der Waals surface area (Å²) < 4.78 is 11.3. The number of hydrogen-bond acceptors (Lipinski definition) is 6. The third kappa shape index (κ3) is 5.10. The standard InChI is InChI=1S/C23H34O6/c1-4-13(2)23(27)29-20-7-5-6-15-10-19(25)14(3)18(22(15)20)9-8-17-11-16(24)12-21(26)28-17/h5-6,10,13-14,16-20,22,24-25H,4,7-9,11-12H2,1-3H3/t13-,14+,16-,17+,18-,19-,20+,22-/m0/s1. The minimum absolute atomic E-state index is 0.00395. The summed E-state index contributed by atoms with van der Waals surface area (Å²) in [6.45, 7) is 5.88. The molecule has 0 amide bonds. The minimum Gasteiger partial charge on any atom is -0.462 e. The predicted molar refractivity (Wildman–Crippen MR) is 108 cm³/mol. The van der Waals surface area contributed by atoms with E-state index in [-0.39, 0.29) is 54.2 Å². The van der Waals surface area contributed by atoms with Crippen LogP contribution in [-0.2, 0) is 19.1 Å². The van der Waals surface area contributed by atoms with Gasteiger partial charge in [0.25, 0.3) is 0 Å². The second-order valence-corrected chi connectivity index (χ2v) is 8.91. The maximum absolute atomic E-state index is 12.4. The molecule has 29 heavy (non-hydrogen) atoms. The molecule has 0 spiro atoms. The molecule has 0 unspecified atom stereocenters. The summed E-state index contributed by atoms with van der Waals surface area (Å²) >= 11 is 0. The van der Waals surface area contributed by atoms with E-state index in [1.807, 2.05) is 39.0 Å². The molecule has 2 aliphatic carbocycles. The molecule has 3 rings (SSSR count). The van der Waals surface area contributed by atoms with Crippen molar-refractivity contribution < 1.29 is 29.3 Å². The van der Waals surface area contributed by atoms with E-state index in [2.05, 4.69) is 0 Å². The molecule has 2 N–H and O–H groups in total.